The molecule has 0 aromatic carbocycles. The van der Waals surface area contributed by atoms with Gasteiger partial charge in [-0.3, -0.25) is 0 Å². The Labute approximate surface area is 150 Å². The van der Waals surface area contributed by atoms with Gasteiger partial charge >= 0.3 is 0 Å². The van der Waals surface area contributed by atoms with E-state index in [9.17, 15) is 0 Å². The molecular weight excluding hydrogens is 332 g/mol. The predicted octanol–water partition coefficient (Wildman–Crippen LogP) is 0.629. The number of allylic oxidation sites excluding steroid dienone is 1. The molecule has 1 N–H and O–H groups in total. The zero-order chi connectivity index (χ0) is 18.3. The van der Waals surface area contributed by atoms with Crippen LogP contribution in [0.2, 0.25) is 0 Å². The highest BCUT2D eigenvalue weighted by molar-refractivity contribution is 4.64. The number of aliphatic hydroxyl groups excluding tert-OH is 1. The van der Waals surface area contributed by atoms with E-state index in [1.54, 1.807) is 6.26 Å². The number of rotatable bonds is 21. The second-order valence-electron chi connectivity index (χ2n) is 4.74. The van der Waals surface area contributed by atoms with Crippen LogP contribution in [-0.2, 0) is 33.2 Å². The van der Waals surface area contributed by atoms with Crippen molar-refractivity contribution in [3.05, 3.63) is 12.3 Å². The largest absolute Gasteiger partial charge is 0.499 e. The van der Waals surface area contributed by atoms with Crippen LogP contribution in [0.3, 0.4) is 0 Å². The first-order chi connectivity index (χ1) is 12.4. The van der Waals surface area contributed by atoms with Gasteiger partial charge in [0.25, 0.3) is 0 Å². The minimum Gasteiger partial charge on any atom is -0.499 e. The van der Waals surface area contributed by atoms with Crippen molar-refractivity contribution in [2.45, 2.75) is 6.92 Å². The van der Waals surface area contributed by atoms with Crippen LogP contribution < -0.4 is 0 Å². The molecule has 0 rings (SSSR count). The monoisotopic (exact) mass is 366 g/mol. The van der Waals surface area contributed by atoms with Gasteiger partial charge in [-0.2, -0.15) is 0 Å². The summed E-state index contributed by atoms with van der Waals surface area (Å²) < 4.78 is 36.9. The lowest BCUT2D eigenvalue weighted by Gasteiger charge is -2.08. The fourth-order valence-corrected chi connectivity index (χ4v) is 1.54. The summed E-state index contributed by atoms with van der Waals surface area (Å²) in [6.45, 7) is 8.64. The zero-order valence-corrected chi connectivity index (χ0v) is 15.4. The van der Waals surface area contributed by atoms with Gasteiger partial charge in [0.15, 0.2) is 0 Å². The van der Waals surface area contributed by atoms with Gasteiger partial charge in [0.1, 0.15) is 6.61 Å². The highest BCUT2D eigenvalue weighted by Gasteiger charge is 1.94. The molecule has 0 saturated heterocycles. The summed E-state index contributed by atoms with van der Waals surface area (Å²) in [6.07, 6.45) is 3.48. The Morgan fingerprint density at radius 3 is 1.16 bits per heavy atom. The summed E-state index contributed by atoms with van der Waals surface area (Å²) in [5.74, 6) is 0. The Morgan fingerprint density at radius 2 is 0.840 bits per heavy atom. The highest BCUT2D eigenvalue weighted by atomic mass is 16.6. The molecule has 0 aliphatic carbocycles. The van der Waals surface area contributed by atoms with E-state index < -0.39 is 0 Å². The summed E-state index contributed by atoms with van der Waals surface area (Å²) in [6, 6.07) is 0. The molecule has 0 aromatic rings. The summed E-state index contributed by atoms with van der Waals surface area (Å²) in [7, 11) is 0. The third kappa shape index (κ3) is 23.3. The van der Waals surface area contributed by atoms with E-state index >= 15 is 0 Å². The maximum absolute atomic E-state index is 8.51. The molecule has 25 heavy (non-hydrogen) atoms. The third-order valence-corrected chi connectivity index (χ3v) is 2.67. The number of ether oxygens (including phenoxy) is 7. The quantitative estimate of drug-likeness (QED) is 0.234. The molecule has 0 aliphatic heterocycles. The van der Waals surface area contributed by atoms with Gasteiger partial charge in [0.2, 0.25) is 0 Å². The van der Waals surface area contributed by atoms with Gasteiger partial charge in [-0.25, -0.2) is 0 Å². The van der Waals surface area contributed by atoms with Crippen LogP contribution in [0.4, 0.5) is 0 Å². The maximum atomic E-state index is 8.51. The van der Waals surface area contributed by atoms with Crippen molar-refractivity contribution in [1.29, 1.82) is 0 Å². The average molecular weight is 366 g/mol. The second-order valence-corrected chi connectivity index (χ2v) is 4.74. The van der Waals surface area contributed by atoms with Gasteiger partial charge < -0.3 is 38.3 Å². The second kappa shape index (κ2) is 23.3. The van der Waals surface area contributed by atoms with E-state index in [2.05, 4.69) is 0 Å². The standard InChI is InChI=1S/C17H34O8/c1-2-4-19-6-8-21-10-12-23-14-16-25-17-15-24-13-11-22-9-7-20-5-3-18/h2,4,18H,3,5-17H2,1H3. The maximum Gasteiger partial charge on any atom is 0.111 e. The van der Waals surface area contributed by atoms with Gasteiger partial charge in [0, 0.05) is 0 Å². The van der Waals surface area contributed by atoms with Crippen molar-refractivity contribution < 1.29 is 38.3 Å². The van der Waals surface area contributed by atoms with Crippen LogP contribution in [0.5, 0.6) is 0 Å². The lowest BCUT2D eigenvalue weighted by molar-refractivity contribution is -0.0196. The van der Waals surface area contributed by atoms with Gasteiger partial charge in [0.05, 0.1) is 92.2 Å². The summed E-state index contributed by atoms with van der Waals surface area (Å²) in [4.78, 5) is 0. The minimum atomic E-state index is 0.0362. The number of hydrogen-bond acceptors (Lipinski definition) is 8. The van der Waals surface area contributed by atoms with Crippen LogP contribution in [0.1, 0.15) is 6.92 Å². The van der Waals surface area contributed by atoms with Crippen molar-refractivity contribution in [3.63, 3.8) is 0 Å². The van der Waals surface area contributed by atoms with Crippen LogP contribution in [0.15, 0.2) is 12.3 Å². The summed E-state index contributed by atoms with van der Waals surface area (Å²) in [5.41, 5.74) is 0. The van der Waals surface area contributed by atoms with Gasteiger partial charge in [-0.05, 0) is 6.92 Å². The van der Waals surface area contributed by atoms with Gasteiger partial charge in [-0.1, -0.05) is 6.08 Å². The van der Waals surface area contributed by atoms with Crippen molar-refractivity contribution in [1.82, 2.24) is 0 Å². The molecule has 0 radical (unpaired) electrons. The molecule has 0 heterocycles. The van der Waals surface area contributed by atoms with Crippen LogP contribution in [0, 0.1) is 0 Å². The van der Waals surface area contributed by atoms with E-state index in [0.29, 0.717) is 85.9 Å². The number of hydrogen-bond donors (Lipinski definition) is 1. The molecule has 0 unspecified atom stereocenters. The van der Waals surface area contributed by atoms with E-state index in [4.69, 9.17) is 38.3 Å². The molecule has 8 nitrogen and oxygen atoms in total. The average Bonchev–Trinajstić information content (AvgIpc) is 2.63. The molecule has 0 amide bonds. The topological polar surface area (TPSA) is 84.8 Å². The van der Waals surface area contributed by atoms with Crippen LogP contribution in [-0.4, -0.2) is 97.6 Å². The minimum absolute atomic E-state index is 0.0362. The Bertz CT molecular complexity index is 263. The fourth-order valence-electron chi connectivity index (χ4n) is 1.54. The van der Waals surface area contributed by atoms with Crippen LogP contribution in [0.25, 0.3) is 0 Å². The predicted molar refractivity (Wildman–Crippen MR) is 92.8 cm³/mol. The lowest BCUT2D eigenvalue weighted by atomic mass is 10.6. The van der Waals surface area contributed by atoms with Crippen molar-refractivity contribution in [2.24, 2.45) is 0 Å². The molecule has 0 aliphatic rings. The normalized spacial score (nSPS) is 11.4. The summed E-state index contributed by atoms with van der Waals surface area (Å²) >= 11 is 0. The molecule has 0 saturated carbocycles. The molecular formula is C17H34O8. The van der Waals surface area contributed by atoms with Crippen molar-refractivity contribution in [3.8, 4) is 0 Å². The fraction of sp³-hybridized carbons (Fsp3) is 0.882. The molecule has 0 spiro atoms. The third-order valence-electron chi connectivity index (χ3n) is 2.67. The van der Waals surface area contributed by atoms with E-state index in [-0.39, 0.29) is 6.61 Å². The molecule has 8 heteroatoms. The molecule has 0 aromatic heterocycles. The Kier molecular flexibility index (Phi) is 22.6. The van der Waals surface area contributed by atoms with Crippen molar-refractivity contribution in [2.75, 3.05) is 92.5 Å². The molecule has 0 fully saturated rings. The molecule has 0 atom stereocenters. The van der Waals surface area contributed by atoms with E-state index in [1.165, 1.54) is 0 Å². The smallest absolute Gasteiger partial charge is 0.111 e. The zero-order valence-electron chi connectivity index (χ0n) is 15.4. The van der Waals surface area contributed by atoms with Crippen LogP contribution >= 0.6 is 0 Å². The first-order valence-corrected chi connectivity index (χ1v) is 8.72. The molecule has 150 valence electrons. The van der Waals surface area contributed by atoms with Crippen molar-refractivity contribution >= 4 is 0 Å². The Morgan fingerprint density at radius 1 is 0.520 bits per heavy atom. The lowest BCUT2D eigenvalue weighted by Crippen LogP contribution is -2.14. The summed E-state index contributed by atoms with van der Waals surface area (Å²) in [5, 5.41) is 8.51. The first-order valence-electron chi connectivity index (χ1n) is 8.72. The Balaban J connectivity index is 2.96. The number of aliphatic hydroxyl groups is 1. The SMILES string of the molecule is CC=COCCOCCOCCOCCOCCOCCOCCO. The first kappa shape index (κ1) is 24.3. The van der Waals surface area contributed by atoms with Gasteiger partial charge in [-0.15, -0.1) is 0 Å². The van der Waals surface area contributed by atoms with E-state index in [1.807, 2.05) is 13.0 Å². The Hall–Kier alpha value is -0.740. The molecule has 0 bridgehead atoms. The van der Waals surface area contributed by atoms with E-state index in [0.717, 1.165) is 0 Å². The highest BCUT2D eigenvalue weighted by Crippen LogP contribution is 1.85.